The van der Waals surface area contributed by atoms with Crippen LogP contribution >= 0.6 is 22.6 Å². The maximum absolute atomic E-state index is 13.0. The third-order valence-electron chi connectivity index (χ3n) is 3.01. The Labute approximate surface area is 113 Å². The fraction of sp³-hybridized carbons (Fsp3) is 0.417. The lowest BCUT2D eigenvalue weighted by atomic mass is 10.1. The molecule has 1 atom stereocenters. The fourth-order valence-corrected chi connectivity index (χ4v) is 2.82. The normalized spacial score (nSPS) is 19.7. The monoisotopic (exact) mass is 349 g/mol. The van der Waals surface area contributed by atoms with Crippen LogP contribution in [-0.4, -0.2) is 35.1 Å². The molecule has 0 unspecified atom stereocenters. The fourth-order valence-electron chi connectivity index (χ4n) is 2.11. The Kier molecular flexibility index (Phi) is 3.98. The van der Waals surface area contributed by atoms with Crippen molar-refractivity contribution in [3.05, 3.63) is 33.1 Å². The SMILES string of the molecule is O=C(c1ccc(F)cc1I)N1CCC[C@@H]1CO. The second kappa shape index (κ2) is 5.30. The number of amides is 1. The molecule has 0 aliphatic carbocycles. The number of hydrogen-bond acceptors (Lipinski definition) is 2. The van der Waals surface area contributed by atoms with E-state index in [4.69, 9.17) is 0 Å². The van der Waals surface area contributed by atoms with Crippen LogP contribution < -0.4 is 0 Å². The molecule has 2 rings (SSSR count). The van der Waals surface area contributed by atoms with Crippen LogP contribution in [0.5, 0.6) is 0 Å². The van der Waals surface area contributed by atoms with Gasteiger partial charge in [-0.05, 0) is 53.6 Å². The molecule has 1 aromatic rings. The Hall–Kier alpha value is -0.690. The van der Waals surface area contributed by atoms with Gasteiger partial charge in [-0.3, -0.25) is 4.79 Å². The van der Waals surface area contributed by atoms with Crippen molar-refractivity contribution >= 4 is 28.5 Å². The number of halogens is 2. The second-order valence-corrected chi connectivity index (χ2v) is 5.26. The highest BCUT2D eigenvalue weighted by molar-refractivity contribution is 14.1. The first-order valence-corrected chi connectivity index (χ1v) is 6.58. The average molecular weight is 349 g/mol. The van der Waals surface area contributed by atoms with E-state index in [1.807, 2.05) is 22.6 Å². The van der Waals surface area contributed by atoms with Crippen LogP contribution in [0.2, 0.25) is 0 Å². The maximum Gasteiger partial charge on any atom is 0.255 e. The van der Waals surface area contributed by atoms with E-state index in [2.05, 4.69) is 0 Å². The van der Waals surface area contributed by atoms with Crippen LogP contribution in [0.15, 0.2) is 18.2 Å². The zero-order chi connectivity index (χ0) is 12.4. The van der Waals surface area contributed by atoms with Gasteiger partial charge in [-0.1, -0.05) is 0 Å². The number of carbonyl (C=O) groups excluding carboxylic acids is 1. The molecule has 0 radical (unpaired) electrons. The summed E-state index contributed by atoms with van der Waals surface area (Å²) in [7, 11) is 0. The van der Waals surface area contributed by atoms with E-state index in [0.29, 0.717) is 15.7 Å². The lowest BCUT2D eigenvalue weighted by molar-refractivity contribution is 0.0676. The molecule has 1 fully saturated rings. The summed E-state index contributed by atoms with van der Waals surface area (Å²) in [4.78, 5) is 13.9. The van der Waals surface area contributed by atoms with Gasteiger partial charge in [0.25, 0.3) is 5.91 Å². The predicted octanol–water partition coefficient (Wildman–Crippen LogP) is 2.03. The Morgan fingerprint density at radius 1 is 1.59 bits per heavy atom. The molecule has 92 valence electrons. The minimum Gasteiger partial charge on any atom is -0.394 e. The number of rotatable bonds is 2. The van der Waals surface area contributed by atoms with Crippen LogP contribution in [0.3, 0.4) is 0 Å². The van der Waals surface area contributed by atoms with Gasteiger partial charge in [0.05, 0.1) is 18.2 Å². The first-order valence-electron chi connectivity index (χ1n) is 5.50. The van der Waals surface area contributed by atoms with Crippen LogP contribution in [0.1, 0.15) is 23.2 Å². The molecule has 0 aromatic heterocycles. The van der Waals surface area contributed by atoms with Gasteiger partial charge in [0.2, 0.25) is 0 Å². The summed E-state index contributed by atoms with van der Waals surface area (Å²) in [5, 5.41) is 9.19. The predicted molar refractivity (Wildman–Crippen MR) is 70.3 cm³/mol. The number of aliphatic hydroxyl groups is 1. The highest BCUT2D eigenvalue weighted by Gasteiger charge is 2.29. The molecule has 5 heteroatoms. The standard InChI is InChI=1S/C12H13FINO2/c13-8-3-4-10(11(14)6-8)12(17)15-5-1-2-9(15)7-16/h3-4,6,9,16H,1-2,5,7H2/t9-/m1/s1. The van der Waals surface area contributed by atoms with Crippen molar-refractivity contribution in [1.82, 2.24) is 4.90 Å². The Morgan fingerprint density at radius 2 is 2.35 bits per heavy atom. The van der Waals surface area contributed by atoms with Crippen LogP contribution in [-0.2, 0) is 0 Å². The van der Waals surface area contributed by atoms with E-state index >= 15 is 0 Å². The van der Waals surface area contributed by atoms with Gasteiger partial charge in [0.1, 0.15) is 5.82 Å². The third-order valence-corrected chi connectivity index (χ3v) is 3.90. The highest BCUT2D eigenvalue weighted by atomic mass is 127. The van der Waals surface area contributed by atoms with Crippen molar-refractivity contribution < 1.29 is 14.3 Å². The summed E-state index contributed by atoms with van der Waals surface area (Å²) in [5.74, 6) is -0.461. The average Bonchev–Trinajstić information content (AvgIpc) is 2.76. The van der Waals surface area contributed by atoms with E-state index in [0.717, 1.165) is 12.8 Å². The minimum absolute atomic E-state index is 0.0104. The van der Waals surface area contributed by atoms with Gasteiger partial charge in [-0.15, -0.1) is 0 Å². The molecule has 3 nitrogen and oxygen atoms in total. The zero-order valence-electron chi connectivity index (χ0n) is 9.20. The Bertz CT molecular complexity index is 439. The largest absolute Gasteiger partial charge is 0.394 e. The van der Waals surface area contributed by atoms with E-state index in [1.165, 1.54) is 18.2 Å². The lowest BCUT2D eigenvalue weighted by Gasteiger charge is -2.23. The van der Waals surface area contributed by atoms with E-state index in [1.54, 1.807) is 4.90 Å². The zero-order valence-corrected chi connectivity index (χ0v) is 11.4. The topological polar surface area (TPSA) is 40.5 Å². The maximum atomic E-state index is 13.0. The van der Waals surface area contributed by atoms with Crippen LogP contribution in [0.25, 0.3) is 0 Å². The molecule has 1 heterocycles. The Morgan fingerprint density at radius 3 is 3.00 bits per heavy atom. The van der Waals surface area contributed by atoms with Crippen molar-refractivity contribution in [2.45, 2.75) is 18.9 Å². The molecule has 1 aliphatic heterocycles. The van der Waals surface area contributed by atoms with Crippen molar-refractivity contribution in [1.29, 1.82) is 0 Å². The van der Waals surface area contributed by atoms with E-state index in [-0.39, 0.29) is 24.4 Å². The summed E-state index contributed by atoms with van der Waals surface area (Å²) in [6, 6.07) is 4.05. The number of hydrogen-bond donors (Lipinski definition) is 1. The summed E-state index contributed by atoms with van der Waals surface area (Å²) in [5.41, 5.74) is 0.507. The first-order chi connectivity index (χ1) is 8.13. The molecule has 1 amide bonds. The van der Waals surface area contributed by atoms with Crippen LogP contribution in [0, 0.1) is 9.39 Å². The number of likely N-dealkylation sites (tertiary alicyclic amines) is 1. The molecule has 1 aromatic carbocycles. The molecule has 1 N–H and O–H groups in total. The molecule has 17 heavy (non-hydrogen) atoms. The van der Waals surface area contributed by atoms with E-state index in [9.17, 15) is 14.3 Å². The van der Waals surface area contributed by atoms with Gasteiger partial charge in [0, 0.05) is 10.1 Å². The van der Waals surface area contributed by atoms with Crippen molar-refractivity contribution in [3.8, 4) is 0 Å². The quantitative estimate of drug-likeness (QED) is 0.831. The van der Waals surface area contributed by atoms with Crippen LogP contribution in [0.4, 0.5) is 4.39 Å². The minimum atomic E-state index is -0.342. The van der Waals surface area contributed by atoms with Gasteiger partial charge < -0.3 is 10.0 Å². The van der Waals surface area contributed by atoms with Gasteiger partial charge in [-0.2, -0.15) is 0 Å². The first kappa shape index (κ1) is 12.8. The van der Waals surface area contributed by atoms with Crippen molar-refractivity contribution in [2.75, 3.05) is 13.2 Å². The highest BCUT2D eigenvalue weighted by Crippen LogP contribution is 2.22. The van der Waals surface area contributed by atoms with E-state index < -0.39 is 0 Å². The molecule has 0 spiro atoms. The molecule has 0 saturated carbocycles. The summed E-state index contributed by atoms with van der Waals surface area (Å²) in [6.07, 6.45) is 1.74. The third kappa shape index (κ3) is 2.60. The summed E-state index contributed by atoms with van der Waals surface area (Å²) in [6.45, 7) is 0.654. The number of aliphatic hydroxyl groups excluding tert-OH is 1. The summed E-state index contributed by atoms with van der Waals surface area (Å²) >= 11 is 1.96. The van der Waals surface area contributed by atoms with Gasteiger partial charge in [-0.25, -0.2) is 4.39 Å². The molecule has 1 saturated heterocycles. The molecule has 0 bridgehead atoms. The second-order valence-electron chi connectivity index (χ2n) is 4.10. The summed E-state index contributed by atoms with van der Waals surface area (Å²) < 4.78 is 13.6. The smallest absolute Gasteiger partial charge is 0.255 e. The molecule has 1 aliphatic rings. The van der Waals surface area contributed by atoms with Crippen molar-refractivity contribution in [2.24, 2.45) is 0 Å². The number of carbonyl (C=O) groups is 1. The number of benzene rings is 1. The molecular weight excluding hydrogens is 336 g/mol. The van der Waals surface area contributed by atoms with Crippen molar-refractivity contribution in [3.63, 3.8) is 0 Å². The van der Waals surface area contributed by atoms with Gasteiger partial charge in [0.15, 0.2) is 0 Å². The van der Waals surface area contributed by atoms with Gasteiger partial charge >= 0.3 is 0 Å². The molecular formula is C12H13FINO2. The lowest BCUT2D eigenvalue weighted by Crippen LogP contribution is -2.38. The number of nitrogens with zero attached hydrogens (tertiary/aromatic N) is 1. The Balaban J connectivity index is 2.24.